The van der Waals surface area contributed by atoms with Crippen LogP contribution in [0, 0.1) is 5.92 Å². The molecule has 94 valence electrons. The molecule has 1 aromatic heterocycles. The normalized spacial score (nSPS) is 21.7. The molecule has 1 aliphatic rings. The van der Waals surface area contributed by atoms with Gasteiger partial charge in [0, 0.05) is 6.54 Å². The lowest BCUT2D eigenvalue weighted by Crippen LogP contribution is -2.37. The topological polar surface area (TPSA) is 20.3 Å². The minimum Gasteiger partial charge on any atom is -0.296 e. The molecule has 1 saturated heterocycles. The van der Waals surface area contributed by atoms with E-state index in [0.717, 1.165) is 13.1 Å². The van der Waals surface area contributed by atoms with Gasteiger partial charge < -0.3 is 0 Å². The van der Waals surface area contributed by atoms with Gasteiger partial charge in [0.2, 0.25) is 0 Å². The van der Waals surface area contributed by atoms with Gasteiger partial charge in [-0.2, -0.15) is 0 Å². The van der Waals surface area contributed by atoms with E-state index in [1.54, 1.807) is 6.07 Å². The largest absolute Gasteiger partial charge is 0.296 e. The Hall–Kier alpha value is -0.0900. The van der Waals surface area contributed by atoms with Crippen LogP contribution in [0.3, 0.4) is 0 Å². The van der Waals surface area contributed by atoms with Gasteiger partial charge in [0.1, 0.15) is 4.34 Å². The van der Waals surface area contributed by atoms with Crippen LogP contribution < -0.4 is 0 Å². The second-order valence-corrected chi connectivity index (χ2v) is 6.93. The molecular formula is C12H15Cl2NOS. The molecule has 1 fully saturated rings. The summed E-state index contributed by atoms with van der Waals surface area (Å²) in [5.41, 5.74) is 0.569. The quantitative estimate of drug-likeness (QED) is 0.786. The van der Waals surface area contributed by atoms with Crippen LogP contribution in [0.25, 0.3) is 0 Å². The molecule has 17 heavy (non-hydrogen) atoms. The standard InChI is InChI=1S/C12H15Cl2NOS/c1-8-3-2-4-15(6-8)7-10(16)9-5-11(13)17-12(9)14/h5,8H,2-4,6-7H2,1H3. The van der Waals surface area contributed by atoms with Crippen molar-refractivity contribution >= 4 is 40.3 Å². The average molecular weight is 292 g/mol. The van der Waals surface area contributed by atoms with Crippen LogP contribution in [-0.2, 0) is 0 Å². The number of hydrogen-bond donors (Lipinski definition) is 0. The molecule has 1 aromatic rings. The van der Waals surface area contributed by atoms with Crippen molar-refractivity contribution in [1.82, 2.24) is 4.90 Å². The van der Waals surface area contributed by atoms with E-state index in [4.69, 9.17) is 23.2 Å². The molecule has 2 rings (SSSR count). The van der Waals surface area contributed by atoms with Crippen LogP contribution in [0.2, 0.25) is 8.67 Å². The Morgan fingerprint density at radius 3 is 2.94 bits per heavy atom. The number of Topliss-reactive ketones (excluding diaryl/α,β-unsaturated/α-hetero) is 1. The Morgan fingerprint density at radius 2 is 2.35 bits per heavy atom. The number of likely N-dealkylation sites (tertiary alicyclic amines) is 1. The summed E-state index contributed by atoms with van der Waals surface area (Å²) in [5, 5.41) is 0. The van der Waals surface area contributed by atoms with Crippen LogP contribution in [-0.4, -0.2) is 30.3 Å². The summed E-state index contributed by atoms with van der Waals surface area (Å²) in [6.07, 6.45) is 2.43. The van der Waals surface area contributed by atoms with Gasteiger partial charge in [-0.1, -0.05) is 30.1 Å². The van der Waals surface area contributed by atoms with E-state index in [0.29, 0.717) is 26.7 Å². The van der Waals surface area contributed by atoms with E-state index in [2.05, 4.69) is 11.8 Å². The highest BCUT2D eigenvalue weighted by atomic mass is 35.5. The monoisotopic (exact) mass is 291 g/mol. The van der Waals surface area contributed by atoms with E-state index in [1.807, 2.05) is 0 Å². The molecule has 1 unspecified atom stereocenters. The lowest BCUT2D eigenvalue weighted by molar-refractivity contribution is 0.0893. The molecule has 2 nitrogen and oxygen atoms in total. The maximum atomic E-state index is 12.1. The van der Waals surface area contributed by atoms with Crippen molar-refractivity contribution in [2.75, 3.05) is 19.6 Å². The molecule has 0 radical (unpaired) electrons. The maximum absolute atomic E-state index is 12.1. The van der Waals surface area contributed by atoms with Crippen molar-refractivity contribution in [3.8, 4) is 0 Å². The highest BCUT2D eigenvalue weighted by molar-refractivity contribution is 7.20. The second-order valence-electron chi connectivity index (χ2n) is 4.64. The number of nitrogens with zero attached hydrogens (tertiary/aromatic N) is 1. The zero-order valence-corrected chi connectivity index (χ0v) is 12.0. The Labute approximate surface area is 116 Å². The van der Waals surface area contributed by atoms with Crippen LogP contribution in [0.1, 0.15) is 30.1 Å². The Bertz CT molecular complexity index is 419. The van der Waals surface area contributed by atoms with Gasteiger partial charge in [0.05, 0.1) is 16.4 Å². The van der Waals surface area contributed by atoms with Crippen molar-refractivity contribution in [3.05, 3.63) is 20.3 Å². The molecule has 0 bridgehead atoms. The van der Waals surface area contributed by atoms with Gasteiger partial charge in [-0.05, 0) is 31.4 Å². The predicted octanol–water partition coefficient (Wildman–Crippen LogP) is 3.97. The van der Waals surface area contributed by atoms with Gasteiger partial charge in [0.25, 0.3) is 0 Å². The van der Waals surface area contributed by atoms with Crippen molar-refractivity contribution < 1.29 is 4.79 Å². The van der Waals surface area contributed by atoms with Gasteiger partial charge in [0.15, 0.2) is 5.78 Å². The third kappa shape index (κ3) is 3.44. The van der Waals surface area contributed by atoms with Crippen molar-refractivity contribution in [3.63, 3.8) is 0 Å². The van der Waals surface area contributed by atoms with Crippen LogP contribution in [0.5, 0.6) is 0 Å². The minimum atomic E-state index is 0.0762. The first kappa shape index (κ1) is 13.3. The van der Waals surface area contributed by atoms with Crippen molar-refractivity contribution in [2.24, 2.45) is 5.92 Å². The summed E-state index contributed by atoms with van der Waals surface area (Å²) >= 11 is 13.1. The van der Waals surface area contributed by atoms with E-state index >= 15 is 0 Å². The molecular weight excluding hydrogens is 277 g/mol. The molecule has 2 heterocycles. The number of thiophene rings is 1. The summed E-state index contributed by atoms with van der Waals surface area (Å²) in [7, 11) is 0. The molecule has 0 aliphatic carbocycles. The van der Waals surface area contributed by atoms with Gasteiger partial charge >= 0.3 is 0 Å². The number of rotatable bonds is 3. The number of halogens is 2. The van der Waals surface area contributed by atoms with Crippen molar-refractivity contribution in [1.29, 1.82) is 0 Å². The fraction of sp³-hybridized carbons (Fsp3) is 0.583. The van der Waals surface area contributed by atoms with Crippen LogP contribution >= 0.6 is 34.5 Å². The predicted molar refractivity (Wildman–Crippen MR) is 73.5 cm³/mol. The fourth-order valence-corrected chi connectivity index (χ4v) is 3.75. The SMILES string of the molecule is CC1CCCN(CC(=O)c2cc(Cl)sc2Cl)C1. The van der Waals surface area contributed by atoms with E-state index in [1.165, 1.54) is 24.2 Å². The highest BCUT2D eigenvalue weighted by Crippen LogP contribution is 2.31. The molecule has 5 heteroatoms. The first-order valence-corrected chi connectivity index (χ1v) is 7.34. The third-order valence-corrected chi connectivity index (χ3v) is 4.55. The van der Waals surface area contributed by atoms with Gasteiger partial charge in [-0.3, -0.25) is 9.69 Å². The highest BCUT2D eigenvalue weighted by Gasteiger charge is 2.21. The smallest absolute Gasteiger partial charge is 0.179 e. The minimum absolute atomic E-state index is 0.0762. The number of hydrogen-bond acceptors (Lipinski definition) is 3. The Balaban J connectivity index is 1.99. The van der Waals surface area contributed by atoms with Crippen LogP contribution in [0.4, 0.5) is 0 Å². The van der Waals surface area contributed by atoms with E-state index < -0.39 is 0 Å². The lowest BCUT2D eigenvalue weighted by atomic mass is 10.00. The van der Waals surface area contributed by atoms with E-state index in [-0.39, 0.29) is 5.78 Å². The molecule has 1 atom stereocenters. The molecule has 0 spiro atoms. The lowest BCUT2D eigenvalue weighted by Gasteiger charge is -2.30. The first-order chi connectivity index (χ1) is 8.06. The van der Waals surface area contributed by atoms with Gasteiger partial charge in [-0.25, -0.2) is 0 Å². The molecule has 0 amide bonds. The summed E-state index contributed by atoms with van der Waals surface area (Å²) in [4.78, 5) is 14.3. The zero-order valence-electron chi connectivity index (χ0n) is 9.71. The number of carbonyl (C=O) groups excluding carboxylic acids is 1. The second kappa shape index (κ2) is 5.70. The number of ketones is 1. The summed E-state index contributed by atoms with van der Waals surface area (Å²) in [5.74, 6) is 0.755. The van der Waals surface area contributed by atoms with Gasteiger partial charge in [-0.15, -0.1) is 11.3 Å². The third-order valence-electron chi connectivity index (χ3n) is 3.07. The number of piperidine rings is 1. The Morgan fingerprint density at radius 1 is 1.59 bits per heavy atom. The summed E-state index contributed by atoms with van der Waals surface area (Å²) < 4.78 is 1.08. The summed E-state index contributed by atoms with van der Waals surface area (Å²) in [6, 6.07) is 1.67. The van der Waals surface area contributed by atoms with Crippen LogP contribution in [0.15, 0.2) is 6.07 Å². The van der Waals surface area contributed by atoms with E-state index in [9.17, 15) is 4.79 Å². The number of carbonyl (C=O) groups is 1. The molecule has 1 aliphatic heterocycles. The first-order valence-electron chi connectivity index (χ1n) is 5.76. The summed E-state index contributed by atoms with van der Waals surface area (Å²) in [6.45, 7) is 4.69. The fourth-order valence-electron chi connectivity index (χ4n) is 2.25. The molecule has 0 N–H and O–H groups in total. The Kier molecular flexibility index (Phi) is 4.47. The van der Waals surface area contributed by atoms with Crippen molar-refractivity contribution in [2.45, 2.75) is 19.8 Å². The zero-order chi connectivity index (χ0) is 12.4. The molecule has 0 aromatic carbocycles. The molecule has 0 saturated carbocycles. The maximum Gasteiger partial charge on any atom is 0.179 e. The average Bonchev–Trinajstić information content (AvgIpc) is 2.58.